The van der Waals surface area contributed by atoms with E-state index in [0.29, 0.717) is 0 Å². The van der Waals surface area contributed by atoms with E-state index in [9.17, 15) is 0 Å². The average molecular weight is 258 g/mol. The zero-order chi connectivity index (χ0) is 13.8. The van der Waals surface area contributed by atoms with Crippen molar-refractivity contribution in [1.82, 2.24) is 0 Å². The highest BCUT2D eigenvalue weighted by Crippen LogP contribution is 2.37. The number of fused-ring (bicyclic) bond motifs is 1. The molecule has 4 heteroatoms. The molecule has 0 saturated carbocycles. The van der Waals surface area contributed by atoms with Gasteiger partial charge in [-0.3, -0.25) is 0 Å². The molecule has 1 fully saturated rings. The maximum Gasteiger partial charge on any atom is 0.498 e. The third kappa shape index (κ3) is 1.82. The molecule has 2 heterocycles. The standard InChI is InChI=1S/C15H19BO3/c1-10-9-17-13-11(10)7-6-8-12(13)16-18-14(2,3)15(4,5)19-16/h6-9H,1-5H3. The summed E-state index contributed by atoms with van der Waals surface area (Å²) in [6.45, 7) is 10.3. The van der Waals surface area contributed by atoms with Gasteiger partial charge in [0.2, 0.25) is 0 Å². The predicted octanol–water partition coefficient (Wildman–Crippen LogP) is 3.04. The second kappa shape index (κ2) is 3.87. The summed E-state index contributed by atoms with van der Waals surface area (Å²) in [6, 6.07) is 6.08. The highest BCUT2D eigenvalue weighted by atomic mass is 16.7. The van der Waals surface area contributed by atoms with Crippen LogP contribution in [0.3, 0.4) is 0 Å². The molecule has 0 radical (unpaired) electrons. The summed E-state index contributed by atoms with van der Waals surface area (Å²) in [5.41, 5.74) is 2.29. The van der Waals surface area contributed by atoms with Gasteiger partial charge in [0, 0.05) is 10.8 Å². The van der Waals surface area contributed by atoms with Crippen LogP contribution in [0.4, 0.5) is 0 Å². The molecule has 1 aliphatic rings. The van der Waals surface area contributed by atoms with Crippen molar-refractivity contribution in [2.24, 2.45) is 0 Å². The van der Waals surface area contributed by atoms with Crippen molar-refractivity contribution in [2.75, 3.05) is 0 Å². The molecular weight excluding hydrogens is 239 g/mol. The Balaban J connectivity index is 2.07. The zero-order valence-electron chi connectivity index (χ0n) is 12.1. The number of furan rings is 1. The van der Waals surface area contributed by atoms with Crippen LogP contribution < -0.4 is 5.46 Å². The fourth-order valence-electron chi connectivity index (χ4n) is 2.36. The van der Waals surface area contributed by atoms with Crippen LogP contribution in [-0.2, 0) is 9.31 Å². The van der Waals surface area contributed by atoms with Crippen LogP contribution >= 0.6 is 0 Å². The minimum absolute atomic E-state index is 0.332. The average Bonchev–Trinajstić information content (AvgIpc) is 2.78. The van der Waals surface area contributed by atoms with Crippen molar-refractivity contribution in [1.29, 1.82) is 0 Å². The highest BCUT2D eigenvalue weighted by Gasteiger charge is 2.52. The topological polar surface area (TPSA) is 31.6 Å². The van der Waals surface area contributed by atoms with Crippen molar-refractivity contribution in [2.45, 2.75) is 45.8 Å². The molecule has 19 heavy (non-hydrogen) atoms. The second-order valence-corrected chi connectivity index (χ2v) is 6.23. The number of rotatable bonds is 1. The Kier molecular flexibility index (Phi) is 2.60. The third-order valence-electron chi connectivity index (χ3n) is 4.33. The van der Waals surface area contributed by atoms with E-state index in [1.807, 2.05) is 19.1 Å². The Hall–Kier alpha value is -1.26. The van der Waals surface area contributed by atoms with Gasteiger partial charge in [0.15, 0.2) is 0 Å². The molecule has 0 aliphatic carbocycles. The highest BCUT2D eigenvalue weighted by molar-refractivity contribution is 6.64. The van der Waals surface area contributed by atoms with Crippen LogP contribution in [0.25, 0.3) is 11.0 Å². The van der Waals surface area contributed by atoms with E-state index in [0.717, 1.165) is 22.0 Å². The fraction of sp³-hybridized carbons (Fsp3) is 0.467. The molecule has 1 aromatic carbocycles. The van der Waals surface area contributed by atoms with Gasteiger partial charge >= 0.3 is 7.12 Å². The Morgan fingerprint density at radius 2 is 1.63 bits per heavy atom. The lowest BCUT2D eigenvalue weighted by atomic mass is 9.78. The first-order valence-corrected chi connectivity index (χ1v) is 6.64. The van der Waals surface area contributed by atoms with E-state index in [1.165, 1.54) is 0 Å². The number of para-hydroxylation sites is 1. The van der Waals surface area contributed by atoms with Gasteiger partial charge in [0.05, 0.1) is 17.5 Å². The number of benzene rings is 1. The summed E-state index contributed by atoms with van der Waals surface area (Å²) < 4.78 is 17.8. The molecule has 1 saturated heterocycles. The van der Waals surface area contributed by atoms with Crippen LogP contribution in [0.1, 0.15) is 33.3 Å². The summed E-state index contributed by atoms with van der Waals surface area (Å²) in [6.07, 6.45) is 1.78. The Morgan fingerprint density at radius 3 is 2.26 bits per heavy atom. The molecule has 0 bridgehead atoms. The van der Waals surface area contributed by atoms with Crippen LogP contribution in [-0.4, -0.2) is 18.3 Å². The fourth-order valence-corrected chi connectivity index (χ4v) is 2.36. The van der Waals surface area contributed by atoms with Gasteiger partial charge in [-0.05, 0) is 40.2 Å². The van der Waals surface area contributed by atoms with Gasteiger partial charge < -0.3 is 13.7 Å². The van der Waals surface area contributed by atoms with Gasteiger partial charge in [0.1, 0.15) is 5.58 Å². The maximum atomic E-state index is 6.09. The summed E-state index contributed by atoms with van der Waals surface area (Å²) in [4.78, 5) is 0. The predicted molar refractivity (Wildman–Crippen MR) is 76.7 cm³/mol. The van der Waals surface area contributed by atoms with Crippen molar-refractivity contribution < 1.29 is 13.7 Å². The molecule has 0 spiro atoms. The first kappa shape index (κ1) is 12.8. The molecule has 3 rings (SSSR count). The van der Waals surface area contributed by atoms with Crippen molar-refractivity contribution >= 4 is 23.6 Å². The van der Waals surface area contributed by atoms with E-state index in [4.69, 9.17) is 13.7 Å². The zero-order valence-corrected chi connectivity index (χ0v) is 12.1. The number of hydrogen-bond donors (Lipinski definition) is 0. The van der Waals surface area contributed by atoms with Crippen LogP contribution in [0, 0.1) is 6.92 Å². The molecule has 0 amide bonds. The van der Waals surface area contributed by atoms with Crippen LogP contribution in [0.2, 0.25) is 0 Å². The maximum absolute atomic E-state index is 6.09. The monoisotopic (exact) mass is 258 g/mol. The molecule has 3 nitrogen and oxygen atoms in total. The van der Waals surface area contributed by atoms with Crippen LogP contribution in [0.5, 0.6) is 0 Å². The molecule has 2 aromatic rings. The summed E-state index contributed by atoms with van der Waals surface area (Å²) in [7, 11) is -0.376. The molecule has 0 atom stereocenters. The molecule has 1 aliphatic heterocycles. The van der Waals surface area contributed by atoms with Crippen molar-refractivity contribution in [3.05, 3.63) is 30.0 Å². The first-order valence-electron chi connectivity index (χ1n) is 6.64. The van der Waals surface area contributed by atoms with Crippen molar-refractivity contribution in [3.63, 3.8) is 0 Å². The van der Waals surface area contributed by atoms with Gasteiger partial charge in [-0.2, -0.15) is 0 Å². The second-order valence-electron chi connectivity index (χ2n) is 6.23. The molecular formula is C15H19BO3. The van der Waals surface area contributed by atoms with E-state index in [1.54, 1.807) is 6.26 Å². The largest absolute Gasteiger partial charge is 0.498 e. The molecule has 1 aromatic heterocycles. The summed E-state index contributed by atoms with van der Waals surface area (Å²) in [5.74, 6) is 0. The van der Waals surface area contributed by atoms with Gasteiger partial charge in [-0.25, -0.2) is 0 Å². The van der Waals surface area contributed by atoms with Gasteiger partial charge in [-0.1, -0.05) is 18.2 Å². The Morgan fingerprint density at radius 1 is 1.00 bits per heavy atom. The molecule has 0 unspecified atom stereocenters. The molecule has 0 N–H and O–H groups in total. The van der Waals surface area contributed by atoms with E-state index >= 15 is 0 Å². The van der Waals surface area contributed by atoms with Gasteiger partial charge in [0.25, 0.3) is 0 Å². The minimum Gasteiger partial charge on any atom is -0.464 e. The number of hydrogen-bond acceptors (Lipinski definition) is 3. The summed E-state index contributed by atoms with van der Waals surface area (Å²) >= 11 is 0. The van der Waals surface area contributed by atoms with E-state index in [-0.39, 0.29) is 18.3 Å². The van der Waals surface area contributed by atoms with Crippen LogP contribution in [0.15, 0.2) is 28.9 Å². The minimum atomic E-state index is -0.376. The lowest BCUT2D eigenvalue weighted by Crippen LogP contribution is -2.41. The lowest BCUT2D eigenvalue weighted by Gasteiger charge is -2.32. The quantitative estimate of drug-likeness (QED) is 0.737. The Labute approximate surface area is 114 Å². The smallest absolute Gasteiger partial charge is 0.464 e. The SMILES string of the molecule is Cc1coc2c(B3OC(C)(C)C(C)(C)O3)cccc12. The third-order valence-corrected chi connectivity index (χ3v) is 4.33. The van der Waals surface area contributed by atoms with Gasteiger partial charge in [-0.15, -0.1) is 0 Å². The van der Waals surface area contributed by atoms with Crippen molar-refractivity contribution in [3.8, 4) is 0 Å². The summed E-state index contributed by atoms with van der Waals surface area (Å²) in [5, 5.41) is 1.12. The van der Waals surface area contributed by atoms with E-state index < -0.39 is 0 Å². The Bertz CT molecular complexity index is 611. The van der Waals surface area contributed by atoms with E-state index in [2.05, 4.69) is 33.8 Å². The lowest BCUT2D eigenvalue weighted by molar-refractivity contribution is 0.00578. The normalized spacial score (nSPS) is 21.2. The number of aryl methyl sites for hydroxylation is 1. The molecule has 100 valence electrons. The first-order chi connectivity index (χ1) is 8.82.